The molecule has 0 saturated carbocycles. The predicted octanol–water partition coefficient (Wildman–Crippen LogP) is 4.25. The first kappa shape index (κ1) is 19.9. The van der Waals surface area contributed by atoms with Gasteiger partial charge < -0.3 is 0 Å². The zero-order chi connectivity index (χ0) is 16.9. The van der Waals surface area contributed by atoms with Gasteiger partial charge in [0.25, 0.3) is 0 Å². The van der Waals surface area contributed by atoms with E-state index in [0.29, 0.717) is 0 Å². The van der Waals surface area contributed by atoms with Crippen molar-refractivity contribution in [1.29, 1.82) is 0 Å². The number of hydrogen-bond donors (Lipinski definition) is 0. The molecule has 0 radical (unpaired) electrons. The molecule has 0 atom stereocenters. The van der Waals surface area contributed by atoms with Crippen LogP contribution >= 0.6 is 0 Å². The monoisotopic (exact) mass is 328 g/mol. The van der Waals surface area contributed by atoms with E-state index >= 15 is 0 Å². The molecule has 112 valence electrons. The lowest BCUT2D eigenvalue weighted by molar-refractivity contribution is 0.991. The lowest BCUT2D eigenvalue weighted by Gasteiger charge is -2.13. The lowest BCUT2D eigenvalue weighted by atomic mass is 9.93. The van der Waals surface area contributed by atoms with Crippen LogP contribution in [-0.2, 0) is 0 Å². The van der Waals surface area contributed by atoms with Crippen LogP contribution in [-0.4, -0.2) is 24.2 Å². The highest BCUT2D eigenvalue weighted by molar-refractivity contribution is 6.84. The highest BCUT2D eigenvalue weighted by atomic mass is 28.3. The lowest BCUT2D eigenvalue weighted by Crippen LogP contribution is -2.23. The number of hydrogen-bond acceptors (Lipinski definition) is 0. The first-order valence-corrected chi connectivity index (χ1v) is 17.8. The molecule has 0 aliphatic heterocycles. The molecule has 0 nitrogen and oxygen atoms in total. The molecule has 0 aliphatic rings. The summed E-state index contributed by atoms with van der Waals surface area (Å²) in [6, 6.07) is 0. The minimum absolute atomic E-state index is 0.888. The fourth-order valence-corrected chi connectivity index (χ4v) is 2.73. The molecule has 0 unspecified atom stereocenters. The second kappa shape index (κ2) is 6.77. The van der Waals surface area contributed by atoms with Crippen molar-refractivity contribution in [1.82, 2.24) is 0 Å². The average molecular weight is 329 g/mol. The summed E-state index contributed by atoms with van der Waals surface area (Å²) in [5.41, 5.74) is 9.19. The van der Waals surface area contributed by atoms with Crippen LogP contribution in [0.5, 0.6) is 0 Å². The van der Waals surface area contributed by atoms with Crippen molar-refractivity contribution in [3.8, 4) is 46.7 Å². The van der Waals surface area contributed by atoms with Gasteiger partial charge in [0.1, 0.15) is 24.2 Å². The maximum atomic E-state index is 5.78. The molecule has 0 aromatic rings. The van der Waals surface area contributed by atoms with Crippen LogP contribution in [0.3, 0.4) is 0 Å². The van der Waals surface area contributed by atoms with Gasteiger partial charge in [-0.2, -0.15) is 0 Å². The SMILES string of the molecule is C#CC(C#C[Si](C)(C)C)(C#C[Si](C)(C)C)C#C[Si](C)(C)C. The summed E-state index contributed by atoms with van der Waals surface area (Å²) in [4.78, 5) is 0. The molecule has 21 heavy (non-hydrogen) atoms. The third kappa shape index (κ3) is 10.3. The Kier molecular flexibility index (Phi) is 6.41. The van der Waals surface area contributed by atoms with Gasteiger partial charge in [-0.1, -0.05) is 82.6 Å². The smallest absolute Gasteiger partial charge is 0.128 e. The Morgan fingerprint density at radius 1 is 0.571 bits per heavy atom. The Balaban J connectivity index is 6.05. The van der Waals surface area contributed by atoms with Crippen LogP contribution in [0.4, 0.5) is 0 Å². The third-order valence-corrected chi connectivity index (χ3v) is 4.72. The van der Waals surface area contributed by atoms with Gasteiger partial charge >= 0.3 is 0 Å². The first-order valence-electron chi connectivity index (χ1n) is 7.29. The van der Waals surface area contributed by atoms with Gasteiger partial charge in [-0.25, -0.2) is 0 Å². The van der Waals surface area contributed by atoms with Crippen molar-refractivity contribution in [3.05, 3.63) is 0 Å². The molecule has 0 spiro atoms. The summed E-state index contributed by atoms with van der Waals surface area (Å²) >= 11 is 0. The molecule has 0 fully saturated rings. The van der Waals surface area contributed by atoms with Crippen LogP contribution in [0.2, 0.25) is 58.9 Å². The fraction of sp³-hybridized carbons (Fsp3) is 0.556. The minimum Gasteiger partial charge on any atom is -0.128 e. The van der Waals surface area contributed by atoms with Gasteiger partial charge in [-0.05, 0) is 0 Å². The zero-order valence-corrected chi connectivity index (χ0v) is 18.1. The van der Waals surface area contributed by atoms with Crippen molar-refractivity contribution >= 4 is 24.2 Å². The largest absolute Gasteiger partial charge is 0.210 e. The number of rotatable bonds is 0. The topological polar surface area (TPSA) is 0 Å². The third-order valence-electron chi connectivity index (χ3n) is 2.09. The summed E-state index contributed by atoms with van der Waals surface area (Å²) < 4.78 is 0. The Morgan fingerprint density at radius 2 is 0.810 bits per heavy atom. The van der Waals surface area contributed by atoms with Crippen molar-refractivity contribution in [2.45, 2.75) is 58.9 Å². The molecule has 0 saturated heterocycles. The number of terminal acetylenes is 1. The summed E-state index contributed by atoms with van der Waals surface area (Å²) in [6.07, 6.45) is 5.78. The molecule has 0 aromatic carbocycles. The highest BCUT2D eigenvalue weighted by Gasteiger charge is 2.23. The van der Waals surface area contributed by atoms with Crippen molar-refractivity contribution in [2.75, 3.05) is 0 Å². The van der Waals surface area contributed by atoms with Gasteiger partial charge in [-0.15, -0.1) is 23.1 Å². The Morgan fingerprint density at radius 3 is 0.952 bits per heavy atom. The van der Waals surface area contributed by atoms with Gasteiger partial charge in [0, 0.05) is 0 Å². The van der Waals surface area contributed by atoms with Crippen LogP contribution in [0.1, 0.15) is 0 Å². The van der Waals surface area contributed by atoms with Crippen molar-refractivity contribution in [2.24, 2.45) is 5.41 Å². The Hall–Kier alpha value is -1.11. The molecule has 0 heterocycles. The summed E-state index contributed by atoms with van der Waals surface area (Å²) in [5.74, 6) is 12.5. The van der Waals surface area contributed by atoms with E-state index in [1.807, 2.05) is 0 Å². The molecule has 0 N–H and O–H groups in total. The normalized spacial score (nSPS) is 11.8. The molecule has 0 bridgehead atoms. The van der Waals surface area contributed by atoms with E-state index in [0.717, 1.165) is 0 Å². The first-order chi connectivity index (χ1) is 9.18. The second-order valence-electron chi connectivity index (χ2n) is 8.39. The van der Waals surface area contributed by atoms with Crippen LogP contribution in [0, 0.1) is 52.2 Å². The maximum absolute atomic E-state index is 5.78. The predicted molar refractivity (Wildman–Crippen MR) is 105 cm³/mol. The molecule has 3 heteroatoms. The van der Waals surface area contributed by atoms with Crippen LogP contribution in [0.15, 0.2) is 0 Å². The molecule has 0 amide bonds. The van der Waals surface area contributed by atoms with Gasteiger partial charge in [0.2, 0.25) is 5.41 Å². The van der Waals surface area contributed by atoms with Gasteiger partial charge in [0.05, 0.1) is 0 Å². The second-order valence-corrected chi connectivity index (χ2v) is 22.6. The maximum Gasteiger partial charge on any atom is 0.210 e. The van der Waals surface area contributed by atoms with Crippen molar-refractivity contribution < 1.29 is 0 Å². The van der Waals surface area contributed by atoms with E-state index < -0.39 is 29.6 Å². The van der Waals surface area contributed by atoms with Crippen molar-refractivity contribution in [3.63, 3.8) is 0 Å². The van der Waals surface area contributed by atoms with Gasteiger partial charge in [-0.3, -0.25) is 0 Å². The van der Waals surface area contributed by atoms with Gasteiger partial charge in [0.15, 0.2) is 0 Å². The van der Waals surface area contributed by atoms with Crippen LogP contribution in [0.25, 0.3) is 0 Å². The molecule has 0 aliphatic carbocycles. The Labute approximate surface area is 135 Å². The Bertz CT molecular complexity index is 516. The van der Waals surface area contributed by atoms with E-state index in [4.69, 9.17) is 6.42 Å². The summed E-state index contributed by atoms with van der Waals surface area (Å²) in [6.45, 7) is 19.9. The van der Waals surface area contributed by atoms with E-state index in [9.17, 15) is 0 Å². The van der Waals surface area contributed by atoms with E-state index in [1.165, 1.54) is 0 Å². The quantitative estimate of drug-likeness (QED) is 0.461. The zero-order valence-electron chi connectivity index (χ0n) is 15.1. The molecular weight excluding hydrogens is 300 g/mol. The molecular formula is C18H28Si3. The van der Waals surface area contributed by atoms with E-state index in [2.05, 4.69) is 99.2 Å². The fourth-order valence-electron chi connectivity index (χ4n) is 1.05. The minimum atomic E-state index is -1.50. The standard InChI is InChI=1S/C18H28Si3/c1-11-18(12-15-19(2,3)4,13-16-20(5,6)7)14-17-21(8,9)10/h1H,2-10H3. The van der Waals surface area contributed by atoms with Crippen LogP contribution < -0.4 is 0 Å². The van der Waals surface area contributed by atoms with E-state index in [-0.39, 0.29) is 0 Å². The summed E-state index contributed by atoms with van der Waals surface area (Å²) in [7, 11) is -4.51. The highest BCUT2D eigenvalue weighted by Crippen LogP contribution is 2.15. The average Bonchev–Trinajstić information content (AvgIpc) is 2.25. The van der Waals surface area contributed by atoms with E-state index in [1.54, 1.807) is 0 Å². The molecule has 0 aromatic heterocycles. The molecule has 0 rings (SSSR count). The summed E-state index contributed by atoms with van der Waals surface area (Å²) in [5, 5.41) is 0.